The molecular formula is C20H27N3O. The summed E-state index contributed by atoms with van der Waals surface area (Å²) in [6.45, 7) is 4.94. The van der Waals surface area contributed by atoms with E-state index in [-0.39, 0.29) is 0 Å². The molecule has 0 radical (unpaired) electrons. The molecular weight excluding hydrogens is 298 g/mol. The second-order valence-electron chi connectivity index (χ2n) is 6.64. The van der Waals surface area contributed by atoms with Crippen molar-refractivity contribution in [2.24, 2.45) is 5.92 Å². The van der Waals surface area contributed by atoms with E-state index in [0.29, 0.717) is 6.61 Å². The van der Waals surface area contributed by atoms with Gasteiger partial charge in [-0.2, -0.15) is 0 Å². The third-order valence-electron chi connectivity index (χ3n) is 4.68. The molecule has 1 fully saturated rings. The molecule has 0 saturated carbocycles. The molecule has 4 nitrogen and oxygen atoms in total. The first kappa shape index (κ1) is 16.9. The van der Waals surface area contributed by atoms with Crippen molar-refractivity contribution in [3.05, 3.63) is 59.9 Å². The van der Waals surface area contributed by atoms with Crippen LogP contribution in [0.15, 0.2) is 48.8 Å². The van der Waals surface area contributed by atoms with Crippen LogP contribution in [0, 0.1) is 5.92 Å². The standard InChI is InChI=1S/C20H27N3O/c1-23-11-8-17(9-12-23)13-22-15-19-6-2-3-7-20(19)24-16-18-5-4-10-21-14-18/h2-7,10,14,17,22H,8-9,11-13,15-16H2,1H3. The Morgan fingerprint density at radius 2 is 2.00 bits per heavy atom. The maximum Gasteiger partial charge on any atom is 0.124 e. The molecule has 2 aromatic rings. The van der Waals surface area contributed by atoms with Gasteiger partial charge in [0.05, 0.1) is 0 Å². The van der Waals surface area contributed by atoms with Gasteiger partial charge in [0.25, 0.3) is 0 Å². The van der Waals surface area contributed by atoms with Crippen LogP contribution in [0.2, 0.25) is 0 Å². The van der Waals surface area contributed by atoms with E-state index in [2.05, 4.69) is 34.4 Å². The van der Waals surface area contributed by atoms with Gasteiger partial charge in [0.15, 0.2) is 0 Å². The Morgan fingerprint density at radius 3 is 2.79 bits per heavy atom. The number of likely N-dealkylation sites (tertiary alicyclic amines) is 1. The predicted molar refractivity (Wildman–Crippen MR) is 96.9 cm³/mol. The summed E-state index contributed by atoms with van der Waals surface area (Å²) < 4.78 is 5.99. The van der Waals surface area contributed by atoms with E-state index < -0.39 is 0 Å². The third-order valence-corrected chi connectivity index (χ3v) is 4.68. The zero-order valence-corrected chi connectivity index (χ0v) is 14.4. The first-order valence-corrected chi connectivity index (χ1v) is 8.80. The number of aromatic nitrogens is 1. The van der Waals surface area contributed by atoms with Crippen molar-refractivity contribution in [2.45, 2.75) is 26.0 Å². The molecule has 24 heavy (non-hydrogen) atoms. The Labute approximate surface area is 144 Å². The number of para-hydroxylation sites is 1. The van der Waals surface area contributed by atoms with Gasteiger partial charge in [-0.15, -0.1) is 0 Å². The number of benzene rings is 1. The second kappa shape index (κ2) is 8.81. The van der Waals surface area contributed by atoms with Gasteiger partial charge in [0.2, 0.25) is 0 Å². The molecule has 0 atom stereocenters. The molecule has 0 unspecified atom stereocenters. The monoisotopic (exact) mass is 325 g/mol. The summed E-state index contributed by atoms with van der Waals surface area (Å²) >= 11 is 0. The Morgan fingerprint density at radius 1 is 1.17 bits per heavy atom. The van der Waals surface area contributed by atoms with E-state index in [4.69, 9.17) is 4.74 Å². The first-order chi connectivity index (χ1) is 11.8. The van der Waals surface area contributed by atoms with E-state index in [9.17, 15) is 0 Å². The molecule has 1 aromatic carbocycles. The fourth-order valence-electron chi connectivity index (χ4n) is 3.11. The van der Waals surface area contributed by atoms with E-state index in [1.165, 1.54) is 31.5 Å². The minimum atomic E-state index is 0.555. The molecule has 128 valence electrons. The van der Waals surface area contributed by atoms with Gasteiger partial charge in [-0.1, -0.05) is 24.3 Å². The number of nitrogens with one attached hydrogen (secondary N) is 1. The van der Waals surface area contributed by atoms with Crippen LogP contribution in [-0.2, 0) is 13.2 Å². The highest BCUT2D eigenvalue weighted by molar-refractivity contribution is 5.33. The second-order valence-corrected chi connectivity index (χ2v) is 6.64. The number of hydrogen-bond acceptors (Lipinski definition) is 4. The van der Waals surface area contributed by atoms with Crippen molar-refractivity contribution in [1.82, 2.24) is 15.2 Å². The molecule has 1 aliphatic heterocycles. The van der Waals surface area contributed by atoms with Crippen molar-refractivity contribution in [2.75, 3.05) is 26.7 Å². The van der Waals surface area contributed by atoms with Gasteiger partial charge < -0.3 is 15.0 Å². The zero-order valence-electron chi connectivity index (χ0n) is 14.4. The van der Waals surface area contributed by atoms with Crippen LogP contribution in [0.3, 0.4) is 0 Å². The van der Waals surface area contributed by atoms with Crippen molar-refractivity contribution in [3.63, 3.8) is 0 Å². The molecule has 1 aliphatic rings. The lowest BCUT2D eigenvalue weighted by Gasteiger charge is -2.29. The highest BCUT2D eigenvalue weighted by Crippen LogP contribution is 2.20. The molecule has 0 aliphatic carbocycles. The van der Waals surface area contributed by atoms with Crippen LogP contribution < -0.4 is 10.1 Å². The summed E-state index contributed by atoms with van der Waals surface area (Å²) in [5, 5.41) is 3.61. The SMILES string of the molecule is CN1CCC(CNCc2ccccc2OCc2cccnc2)CC1. The van der Waals surface area contributed by atoms with Crippen LogP contribution in [0.5, 0.6) is 5.75 Å². The van der Waals surface area contributed by atoms with Crippen LogP contribution in [0.1, 0.15) is 24.0 Å². The Balaban J connectivity index is 1.48. The van der Waals surface area contributed by atoms with Crippen molar-refractivity contribution in [3.8, 4) is 5.75 Å². The fourth-order valence-corrected chi connectivity index (χ4v) is 3.11. The maximum atomic E-state index is 5.99. The zero-order chi connectivity index (χ0) is 16.6. The van der Waals surface area contributed by atoms with Crippen LogP contribution in [0.4, 0.5) is 0 Å². The normalized spacial score (nSPS) is 16.2. The van der Waals surface area contributed by atoms with Crippen molar-refractivity contribution < 1.29 is 4.74 Å². The molecule has 4 heteroatoms. The van der Waals surface area contributed by atoms with Gasteiger partial charge in [-0.3, -0.25) is 4.98 Å². The average Bonchev–Trinajstić information content (AvgIpc) is 2.63. The van der Waals surface area contributed by atoms with Crippen molar-refractivity contribution in [1.29, 1.82) is 0 Å². The highest BCUT2D eigenvalue weighted by atomic mass is 16.5. The molecule has 3 rings (SSSR count). The van der Waals surface area contributed by atoms with Crippen molar-refractivity contribution >= 4 is 0 Å². The van der Waals surface area contributed by atoms with Gasteiger partial charge >= 0.3 is 0 Å². The molecule has 1 saturated heterocycles. The van der Waals surface area contributed by atoms with E-state index in [0.717, 1.165) is 30.3 Å². The van der Waals surface area contributed by atoms with Gasteiger partial charge in [0, 0.05) is 30.1 Å². The van der Waals surface area contributed by atoms with Crippen LogP contribution >= 0.6 is 0 Å². The largest absolute Gasteiger partial charge is 0.489 e. The Kier molecular flexibility index (Phi) is 6.21. The summed E-state index contributed by atoms with van der Waals surface area (Å²) in [7, 11) is 2.21. The summed E-state index contributed by atoms with van der Waals surface area (Å²) in [5.41, 5.74) is 2.31. The molecule has 1 aromatic heterocycles. The minimum Gasteiger partial charge on any atom is -0.489 e. The smallest absolute Gasteiger partial charge is 0.124 e. The van der Waals surface area contributed by atoms with E-state index >= 15 is 0 Å². The lowest BCUT2D eigenvalue weighted by molar-refractivity contribution is 0.215. The lowest BCUT2D eigenvalue weighted by Crippen LogP contribution is -2.34. The quantitative estimate of drug-likeness (QED) is 0.849. The van der Waals surface area contributed by atoms with Gasteiger partial charge in [-0.25, -0.2) is 0 Å². The van der Waals surface area contributed by atoms with Gasteiger partial charge in [-0.05, 0) is 57.6 Å². The lowest BCUT2D eigenvalue weighted by atomic mass is 9.97. The average molecular weight is 325 g/mol. The molecule has 2 heterocycles. The number of piperidine rings is 1. The number of rotatable bonds is 7. The van der Waals surface area contributed by atoms with E-state index in [1.54, 1.807) is 6.20 Å². The topological polar surface area (TPSA) is 37.4 Å². The number of pyridine rings is 1. The van der Waals surface area contributed by atoms with Gasteiger partial charge in [0.1, 0.15) is 12.4 Å². The first-order valence-electron chi connectivity index (χ1n) is 8.80. The number of ether oxygens (including phenoxy) is 1. The summed E-state index contributed by atoms with van der Waals surface area (Å²) in [4.78, 5) is 6.55. The summed E-state index contributed by atoms with van der Waals surface area (Å²) in [6, 6.07) is 12.3. The Hall–Kier alpha value is -1.91. The van der Waals surface area contributed by atoms with Crippen LogP contribution in [-0.4, -0.2) is 36.6 Å². The van der Waals surface area contributed by atoms with Crippen LogP contribution in [0.25, 0.3) is 0 Å². The maximum absolute atomic E-state index is 5.99. The fraction of sp³-hybridized carbons (Fsp3) is 0.450. The molecule has 0 spiro atoms. The molecule has 0 bridgehead atoms. The number of nitrogens with zero attached hydrogens (tertiary/aromatic N) is 2. The summed E-state index contributed by atoms with van der Waals surface area (Å²) in [6.07, 6.45) is 6.22. The molecule has 1 N–H and O–H groups in total. The highest BCUT2D eigenvalue weighted by Gasteiger charge is 2.16. The molecule has 0 amide bonds. The van der Waals surface area contributed by atoms with E-state index in [1.807, 2.05) is 30.5 Å². The number of hydrogen-bond donors (Lipinski definition) is 1. The summed E-state index contributed by atoms with van der Waals surface area (Å²) in [5.74, 6) is 1.75. The predicted octanol–water partition coefficient (Wildman–Crippen LogP) is 3.09. The third kappa shape index (κ3) is 5.05. The minimum absolute atomic E-state index is 0.555. The Bertz CT molecular complexity index is 609.